The van der Waals surface area contributed by atoms with E-state index in [0.717, 1.165) is 19.0 Å². The number of halogens is 2. The van der Waals surface area contributed by atoms with Gasteiger partial charge in [-0.3, -0.25) is 0 Å². The van der Waals surface area contributed by atoms with Gasteiger partial charge in [-0.2, -0.15) is 0 Å². The number of ether oxygens (including phenoxy) is 1. The van der Waals surface area contributed by atoms with Gasteiger partial charge in [-0.1, -0.05) is 0 Å². The lowest BCUT2D eigenvalue weighted by molar-refractivity contribution is -0.0811. The fraction of sp³-hybridized carbons (Fsp3) is 0.542. The van der Waals surface area contributed by atoms with Crippen molar-refractivity contribution in [1.29, 1.82) is 0 Å². The molecule has 2 fully saturated rings. The van der Waals surface area contributed by atoms with E-state index in [2.05, 4.69) is 20.3 Å². The zero-order valence-electron chi connectivity index (χ0n) is 19.6. The highest BCUT2D eigenvalue weighted by molar-refractivity contribution is 5.83. The molecule has 2 saturated heterocycles. The van der Waals surface area contributed by atoms with Crippen LogP contribution >= 0.6 is 0 Å². The lowest BCUT2D eigenvalue weighted by Gasteiger charge is -2.33. The minimum absolute atomic E-state index is 0.0656. The van der Waals surface area contributed by atoms with Crippen LogP contribution in [0.4, 0.5) is 14.7 Å². The molecule has 34 heavy (non-hydrogen) atoms. The number of imidazole rings is 1. The third kappa shape index (κ3) is 3.93. The molecule has 2 aliphatic heterocycles. The summed E-state index contributed by atoms with van der Waals surface area (Å²) in [5, 5.41) is 24.2. The number of aromatic nitrogens is 4. The Bertz CT molecular complexity index is 1240. The minimum Gasteiger partial charge on any atom is -0.388 e. The molecule has 1 aromatic carbocycles. The zero-order chi connectivity index (χ0) is 24.4. The van der Waals surface area contributed by atoms with E-state index < -0.39 is 23.3 Å². The van der Waals surface area contributed by atoms with Crippen LogP contribution in [0.15, 0.2) is 18.3 Å². The molecule has 0 aliphatic carbocycles. The Hall–Kier alpha value is -2.69. The van der Waals surface area contributed by atoms with Crippen molar-refractivity contribution in [3.8, 4) is 11.3 Å². The summed E-state index contributed by atoms with van der Waals surface area (Å²) < 4.78 is 37.4. The molecular formula is C24H29F2N5O3. The van der Waals surface area contributed by atoms with Crippen LogP contribution in [0.1, 0.15) is 58.8 Å². The topological polar surface area (TPSA) is 105 Å². The van der Waals surface area contributed by atoms with Crippen molar-refractivity contribution < 1.29 is 23.7 Å². The molecule has 0 unspecified atom stereocenters. The van der Waals surface area contributed by atoms with Gasteiger partial charge in [0.05, 0.1) is 30.0 Å². The van der Waals surface area contributed by atoms with E-state index in [-0.39, 0.29) is 47.0 Å². The number of fused-ring (bicyclic) bond motifs is 3. The molecule has 182 valence electrons. The monoisotopic (exact) mass is 473 g/mol. The first-order chi connectivity index (χ1) is 16.0. The average Bonchev–Trinajstić information content (AvgIpc) is 3.35. The number of hydrogen-bond donors (Lipinski definition) is 3. The Labute approximate surface area is 196 Å². The second kappa shape index (κ2) is 8.21. The maximum Gasteiger partial charge on any atom is 0.223 e. The molecule has 2 aromatic heterocycles. The Kier molecular flexibility index (Phi) is 5.57. The van der Waals surface area contributed by atoms with E-state index in [1.165, 1.54) is 6.07 Å². The van der Waals surface area contributed by atoms with Crippen LogP contribution in [0, 0.1) is 11.6 Å². The van der Waals surface area contributed by atoms with E-state index in [1.807, 2.05) is 13.8 Å². The molecule has 0 amide bonds. The average molecular weight is 474 g/mol. The summed E-state index contributed by atoms with van der Waals surface area (Å²) in [4.78, 5) is 12.7. The molecule has 0 saturated carbocycles. The molecule has 8 nitrogen and oxygen atoms in total. The fourth-order valence-electron chi connectivity index (χ4n) is 5.03. The van der Waals surface area contributed by atoms with Gasteiger partial charge in [-0.25, -0.2) is 23.7 Å². The third-order valence-electron chi connectivity index (χ3n) is 6.59. The van der Waals surface area contributed by atoms with Crippen molar-refractivity contribution in [3.05, 3.63) is 35.8 Å². The van der Waals surface area contributed by atoms with Crippen LogP contribution in [-0.4, -0.2) is 54.1 Å². The highest BCUT2D eigenvalue weighted by atomic mass is 19.1. The Morgan fingerprint density at radius 2 is 1.94 bits per heavy atom. The third-order valence-corrected chi connectivity index (χ3v) is 6.59. The fourth-order valence-corrected chi connectivity index (χ4v) is 5.03. The Morgan fingerprint density at radius 3 is 2.65 bits per heavy atom. The second-order valence-corrected chi connectivity index (χ2v) is 10.0. The molecule has 3 N–H and O–H groups in total. The largest absolute Gasteiger partial charge is 0.388 e. The summed E-state index contributed by atoms with van der Waals surface area (Å²) >= 11 is 0. The molecular weight excluding hydrogens is 444 g/mol. The van der Waals surface area contributed by atoms with Crippen molar-refractivity contribution in [1.82, 2.24) is 19.5 Å². The van der Waals surface area contributed by atoms with Gasteiger partial charge >= 0.3 is 0 Å². The number of rotatable bonds is 5. The highest BCUT2D eigenvalue weighted by Gasteiger charge is 2.42. The maximum atomic E-state index is 15.1. The van der Waals surface area contributed by atoms with E-state index in [9.17, 15) is 14.6 Å². The number of nitrogens with zero attached hydrogens (tertiary/aromatic N) is 4. The Balaban J connectivity index is 1.55. The lowest BCUT2D eigenvalue weighted by atomic mass is 10.0. The van der Waals surface area contributed by atoms with Crippen LogP contribution in [0.2, 0.25) is 0 Å². The van der Waals surface area contributed by atoms with Crippen molar-refractivity contribution in [3.63, 3.8) is 0 Å². The number of anilines is 1. The van der Waals surface area contributed by atoms with Crippen LogP contribution in [0.3, 0.4) is 0 Å². The molecule has 2 aliphatic rings. The normalized spacial score (nSPS) is 24.9. The standard InChI is InChI=1S/C24H29F2N5O3/c1-11(2)31-17-8-12(7-14(25)20(17)29-22(31)24(3,4)33)19-15(26)10-27-23(30-19)28-16-9-13-5-6-18(34-13)21(16)32/h7-8,10-11,13,16,18,21,32-33H,5-6,9H2,1-4H3,(H,27,28,30)/t13-,16-,18+,21+/m1/s1. The Morgan fingerprint density at radius 1 is 1.18 bits per heavy atom. The summed E-state index contributed by atoms with van der Waals surface area (Å²) in [6, 6.07) is 2.37. The highest BCUT2D eigenvalue weighted by Crippen LogP contribution is 2.35. The smallest absolute Gasteiger partial charge is 0.223 e. The number of hydrogen-bond acceptors (Lipinski definition) is 7. The van der Waals surface area contributed by atoms with Gasteiger partial charge < -0.3 is 24.8 Å². The molecule has 4 heterocycles. The SMILES string of the molecule is CC(C)n1c(C(C)(C)O)nc2c(F)cc(-c3nc(N[C@@H]4C[C@H]5CC[C@H](O5)[C@H]4O)ncc3F)cc21. The second-order valence-electron chi connectivity index (χ2n) is 10.0. The van der Waals surface area contributed by atoms with Crippen molar-refractivity contribution in [2.75, 3.05) is 5.32 Å². The van der Waals surface area contributed by atoms with Gasteiger partial charge in [0.15, 0.2) is 11.6 Å². The lowest BCUT2D eigenvalue weighted by Crippen LogP contribution is -2.47. The van der Waals surface area contributed by atoms with E-state index in [4.69, 9.17) is 4.74 Å². The zero-order valence-corrected chi connectivity index (χ0v) is 19.6. The quantitative estimate of drug-likeness (QED) is 0.519. The first-order valence-electron chi connectivity index (χ1n) is 11.6. The minimum atomic E-state index is -1.29. The summed E-state index contributed by atoms with van der Waals surface area (Å²) in [5.41, 5.74) is -0.597. The van der Waals surface area contributed by atoms with Gasteiger partial charge in [0.25, 0.3) is 0 Å². The van der Waals surface area contributed by atoms with Gasteiger partial charge in [-0.15, -0.1) is 0 Å². The molecule has 4 atom stereocenters. The summed E-state index contributed by atoms with van der Waals surface area (Å²) in [6.45, 7) is 6.98. The van der Waals surface area contributed by atoms with E-state index in [1.54, 1.807) is 24.5 Å². The van der Waals surface area contributed by atoms with Gasteiger partial charge in [0.2, 0.25) is 5.95 Å². The summed E-state index contributed by atoms with van der Waals surface area (Å²) in [5.74, 6) is -0.865. The molecule has 5 rings (SSSR count). The number of benzene rings is 1. The van der Waals surface area contributed by atoms with Gasteiger partial charge in [0.1, 0.15) is 28.7 Å². The predicted molar refractivity (Wildman–Crippen MR) is 122 cm³/mol. The molecule has 10 heteroatoms. The maximum absolute atomic E-state index is 15.1. The molecule has 0 spiro atoms. The molecule has 3 aromatic rings. The summed E-state index contributed by atoms with van der Waals surface area (Å²) in [7, 11) is 0. The van der Waals surface area contributed by atoms with Crippen LogP contribution in [0.25, 0.3) is 22.3 Å². The number of nitrogens with one attached hydrogen (secondary N) is 1. The van der Waals surface area contributed by atoms with Crippen molar-refractivity contribution >= 4 is 17.0 Å². The van der Waals surface area contributed by atoms with E-state index in [0.29, 0.717) is 17.8 Å². The van der Waals surface area contributed by atoms with Gasteiger partial charge in [-0.05, 0) is 59.1 Å². The van der Waals surface area contributed by atoms with Crippen LogP contribution in [-0.2, 0) is 10.3 Å². The van der Waals surface area contributed by atoms with Crippen molar-refractivity contribution in [2.24, 2.45) is 0 Å². The molecule has 2 bridgehead atoms. The predicted octanol–water partition coefficient (Wildman–Crippen LogP) is 3.67. The number of aliphatic hydroxyl groups excluding tert-OH is 1. The first-order valence-corrected chi connectivity index (χ1v) is 11.6. The first kappa shape index (κ1) is 23.1. The van der Waals surface area contributed by atoms with Crippen LogP contribution < -0.4 is 5.32 Å². The van der Waals surface area contributed by atoms with Gasteiger partial charge in [0, 0.05) is 11.6 Å². The number of aliphatic hydroxyl groups is 2. The summed E-state index contributed by atoms with van der Waals surface area (Å²) in [6.07, 6.45) is 2.46. The molecule has 0 radical (unpaired) electrons. The van der Waals surface area contributed by atoms with Crippen LogP contribution in [0.5, 0.6) is 0 Å². The van der Waals surface area contributed by atoms with E-state index >= 15 is 4.39 Å². The van der Waals surface area contributed by atoms with Crippen molar-refractivity contribution in [2.45, 2.75) is 83.0 Å².